The number of benzene rings is 1. The molecule has 2 fully saturated rings. The van der Waals surface area contributed by atoms with Crippen molar-refractivity contribution in [3.63, 3.8) is 0 Å². The molecule has 4 rings (SSSR count). The number of fused-ring (bicyclic) bond motifs is 1. The number of methoxy groups -OCH3 is 1. The molecule has 2 heterocycles. The number of hydrogen-bond donors (Lipinski definition) is 3. The third kappa shape index (κ3) is 3.35. The maximum absolute atomic E-state index is 13.0. The van der Waals surface area contributed by atoms with Gasteiger partial charge in [0.1, 0.15) is 11.5 Å². The Labute approximate surface area is 163 Å². The molecule has 4 unspecified atom stereocenters. The number of aromatic nitrogens is 1. The molecular formula is C20H23N5O3. The minimum absolute atomic E-state index is 0.0402. The molecule has 1 aliphatic heterocycles. The van der Waals surface area contributed by atoms with Crippen molar-refractivity contribution in [3.8, 4) is 11.8 Å². The number of aryl methyl sites for hydroxylation is 1. The molecule has 146 valence electrons. The summed E-state index contributed by atoms with van der Waals surface area (Å²) >= 11 is 0. The van der Waals surface area contributed by atoms with Crippen molar-refractivity contribution >= 4 is 5.91 Å². The zero-order valence-corrected chi connectivity index (χ0v) is 15.9. The number of carbonyl (C=O) groups is 1. The van der Waals surface area contributed by atoms with Crippen LogP contribution in [0.2, 0.25) is 0 Å². The van der Waals surface area contributed by atoms with Crippen molar-refractivity contribution in [1.29, 1.82) is 5.26 Å². The first-order chi connectivity index (χ1) is 13.6. The number of carbonyl (C=O) groups excluding carboxylic acids is 1. The number of hydrogen-bond acceptors (Lipinski definition) is 7. The number of nitrogens with zero attached hydrogens (tertiary/aromatic N) is 2. The fraction of sp³-hybridized carbons (Fsp3) is 0.450. The number of rotatable bonds is 4. The third-order valence-corrected chi connectivity index (χ3v) is 5.72. The summed E-state index contributed by atoms with van der Waals surface area (Å²) in [4.78, 5) is 17.0. The molecule has 1 amide bonds. The van der Waals surface area contributed by atoms with Gasteiger partial charge >= 0.3 is 0 Å². The van der Waals surface area contributed by atoms with Gasteiger partial charge in [0.25, 0.3) is 5.91 Å². The van der Waals surface area contributed by atoms with Crippen molar-refractivity contribution in [2.45, 2.75) is 44.3 Å². The van der Waals surface area contributed by atoms with Crippen LogP contribution in [-0.2, 0) is 0 Å². The fourth-order valence-corrected chi connectivity index (χ4v) is 4.38. The van der Waals surface area contributed by atoms with Gasteiger partial charge in [0.15, 0.2) is 6.39 Å². The first kappa shape index (κ1) is 18.5. The maximum atomic E-state index is 13.0. The predicted octanol–water partition coefficient (Wildman–Crippen LogP) is 1.98. The Bertz CT molecular complexity index is 905. The Balaban J connectivity index is 1.49. The summed E-state index contributed by atoms with van der Waals surface area (Å²) in [5, 5.41) is 12.3. The molecule has 4 atom stereocenters. The summed E-state index contributed by atoms with van der Waals surface area (Å²) in [6.07, 6.45) is 5.85. The van der Waals surface area contributed by atoms with Crippen molar-refractivity contribution in [2.75, 3.05) is 7.11 Å². The number of hydrazine groups is 1. The van der Waals surface area contributed by atoms with Gasteiger partial charge in [-0.3, -0.25) is 10.2 Å². The van der Waals surface area contributed by atoms with Crippen LogP contribution in [0.15, 0.2) is 29.1 Å². The molecule has 0 spiro atoms. The molecule has 0 bridgehead atoms. The van der Waals surface area contributed by atoms with E-state index >= 15 is 0 Å². The molecular weight excluding hydrogens is 358 g/mol. The standard InChI is InChI=1S/C20H23N5O3/c1-11-5-12(8-21)6-16(27-2)18(11)20(26)23-13-3-4-15-14(7-13)19(25-24-15)17-9-22-10-28-17/h5-6,9-10,13-15,19,24-25H,3-4,7H2,1-2H3,(H,23,26). The molecule has 2 aliphatic rings. The molecule has 0 radical (unpaired) electrons. The van der Waals surface area contributed by atoms with Crippen LogP contribution >= 0.6 is 0 Å². The van der Waals surface area contributed by atoms with Gasteiger partial charge in [-0.15, -0.1) is 0 Å². The van der Waals surface area contributed by atoms with Crippen LogP contribution in [0.3, 0.4) is 0 Å². The van der Waals surface area contributed by atoms with E-state index in [1.54, 1.807) is 18.3 Å². The average Bonchev–Trinajstić information content (AvgIpc) is 3.36. The molecule has 1 aromatic carbocycles. The summed E-state index contributed by atoms with van der Waals surface area (Å²) in [6, 6.07) is 5.84. The molecule has 1 aromatic heterocycles. The van der Waals surface area contributed by atoms with Gasteiger partial charge in [0.2, 0.25) is 0 Å². The van der Waals surface area contributed by atoms with Crippen LogP contribution in [0.25, 0.3) is 0 Å². The van der Waals surface area contributed by atoms with Crippen molar-refractivity contribution in [1.82, 2.24) is 21.2 Å². The van der Waals surface area contributed by atoms with Crippen molar-refractivity contribution < 1.29 is 13.9 Å². The number of nitriles is 1. The molecule has 1 saturated heterocycles. The lowest BCUT2D eigenvalue weighted by Crippen LogP contribution is -2.44. The molecule has 8 heteroatoms. The fourth-order valence-electron chi connectivity index (χ4n) is 4.38. The minimum atomic E-state index is -0.169. The highest BCUT2D eigenvalue weighted by Gasteiger charge is 2.42. The Morgan fingerprint density at radius 2 is 2.25 bits per heavy atom. The summed E-state index contributed by atoms with van der Waals surface area (Å²) < 4.78 is 10.8. The lowest BCUT2D eigenvalue weighted by Gasteiger charge is -2.33. The largest absolute Gasteiger partial charge is 0.496 e. The number of oxazole rings is 1. The second-order valence-corrected chi connectivity index (χ2v) is 7.41. The van der Waals surface area contributed by atoms with Gasteiger partial charge in [-0.05, 0) is 43.9 Å². The molecule has 2 aromatic rings. The van der Waals surface area contributed by atoms with E-state index in [9.17, 15) is 4.79 Å². The van der Waals surface area contributed by atoms with Crippen LogP contribution in [0.5, 0.6) is 5.75 Å². The summed E-state index contributed by atoms with van der Waals surface area (Å²) in [5.41, 5.74) is 8.33. The highest BCUT2D eigenvalue weighted by Crippen LogP contribution is 2.38. The zero-order chi connectivity index (χ0) is 19.7. The number of amides is 1. The average molecular weight is 381 g/mol. The van der Waals surface area contributed by atoms with E-state index in [1.165, 1.54) is 13.5 Å². The van der Waals surface area contributed by atoms with Crippen molar-refractivity contribution in [2.24, 2.45) is 5.92 Å². The maximum Gasteiger partial charge on any atom is 0.255 e. The number of ether oxygens (including phenoxy) is 1. The van der Waals surface area contributed by atoms with Gasteiger partial charge in [-0.1, -0.05) is 0 Å². The lowest BCUT2D eigenvalue weighted by molar-refractivity contribution is 0.0910. The van der Waals surface area contributed by atoms with Gasteiger partial charge in [-0.2, -0.15) is 5.26 Å². The Hall–Kier alpha value is -2.89. The van der Waals surface area contributed by atoms with Gasteiger partial charge in [-0.25, -0.2) is 10.4 Å². The highest BCUT2D eigenvalue weighted by molar-refractivity contribution is 5.98. The molecule has 1 saturated carbocycles. The van der Waals surface area contributed by atoms with E-state index in [4.69, 9.17) is 14.4 Å². The van der Waals surface area contributed by atoms with Crippen LogP contribution in [0, 0.1) is 24.2 Å². The molecule has 28 heavy (non-hydrogen) atoms. The normalized spacial score (nSPS) is 26.3. The molecule has 1 aliphatic carbocycles. The van der Waals surface area contributed by atoms with Crippen LogP contribution in [0.4, 0.5) is 0 Å². The third-order valence-electron chi connectivity index (χ3n) is 5.72. The summed E-state index contributed by atoms with van der Waals surface area (Å²) in [7, 11) is 1.51. The Morgan fingerprint density at radius 3 is 2.96 bits per heavy atom. The highest BCUT2D eigenvalue weighted by atomic mass is 16.5. The Morgan fingerprint density at radius 1 is 1.39 bits per heavy atom. The topological polar surface area (TPSA) is 112 Å². The van der Waals surface area contributed by atoms with E-state index < -0.39 is 0 Å². The molecule has 8 nitrogen and oxygen atoms in total. The summed E-state index contributed by atoms with van der Waals surface area (Å²) in [5.74, 6) is 1.36. The minimum Gasteiger partial charge on any atom is -0.496 e. The second-order valence-electron chi connectivity index (χ2n) is 7.41. The van der Waals surface area contributed by atoms with Gasteiger partial charge in [0.05, 0.1) is 36.5 Å². The first-order valence-electron chi connectivity index (χ1n) is 9.39. The Kier molecular flexibility index (Phi) is 5.03. The number of nitrogens with one attached hydrogen (secondary N) is 3. The van der Waals surface area contributed by atoms with Crippen LogP contribution in [-0.4, -0.2) is 30.1 Å². The lowest BCUT2D eigenvalue weighted by atomic mass is 9.78. The van der Waals surface area contributed by atoms with E-state index in [0.29, 0.717) is 28.8 Å². The first-order valence-corrected chi connectivity index (χ1v) is 9.39. The van der Waals surface area contributed by atoms with E-state index in [1.807, 2.05) is 6.92 Å². The monoisotopic (exact) mass is 381 g/mol. The van der Waals surface area contributed by atoms with Gasteiger partial charge in [0, 0.05) is 18.0 Å². The zero-order valence-electron chi connectivity index (χ0n) is 15.9. The quantitative estimate of drug-likeness (QED) is 0.742. The van der Waals surface area contributed by atoms with Crippen LogP contribution < -0.4 is 20.9 Å². The van der Waals surface area contributed by atoms with Crippen molar-refractivity contribution in [3.05, 3.63) is 47.2 Å². The SMILES string of the molecule is COc1cc(C#N)cc(C)c1C(=O)NC1CCC2NNC(c3cnco3)C2C1. The van der Waals surface area contributed by atoms with E-state index in [-0.39, 0.29) is 18.0 Å². The second kappa shape index (κ2) is 7.62. The van der Waals surface area contributed by atoms with E-state index in [0.717, 1.165) is 30.6 Å². The smallest absolute Gasteiger partial charge is 0.255 e. The molecule has 3 N–H and O–H groups in total. The van der Waals surface area contributed by atoms with Gasteiger partial charge < -0.3 is 14.5 Å². The summed E-state index contributed by atoms with van der Waals surface area (Å²) in [6.45, 7) is 1.82. The van der Waals surface area contributed by atoms with E-state index in [2.05, 4.69) is 27.2 Å². The van der Waals surface area contributed by atoms with Crippen LogP contribution in [0.1, 0.15) is 52.5 Å². The predicted molar refractivity (Wildman–Crippen MR) is 100 cm³/mol.